The quantitative estimate of drug-likeness (QED) is 0.587. The van der Waals surface area contributed by atoms with Crippen LogP contribution >= 0.6 is 0 Å². The van der Waals surface area contributed by atoms with Crippen molar-refractivity contribution in [2.24, 2.45) is 0 Å². The standard InChI is InChI=1S/C15H21NO4/c1-2-11-19-14(17)9-6-10-16-15(18)20-12-13-7-4-3-5-8-13/h3-5,7-8H,2,6,9-12H2,1H3,(H,16,18). The van der Waals surface area contributed by atoms with Gasteiger partial charge < -0.3 is 14.8 Å². The SMILES string of the molecule is CCCOC(=O)CCCNC(=O)OCc1ccccc1. The van der Waals surface area contributed by atoms with Crippen LogP contribution < -0.4 is 5.32 Å². The van der Waals surface area contributed by atoms with E-state index in [1.54, 1.807) is 0 Å². The van der Waals surface area contributed by atoms with Crippen molar-refractivity contribution in [2.45, 2.75) is 32.8 Å². The molecule has 0 fully saturated rings. The van der Waals surface area contributed by atoms with E-state index in [-0.39, 0.29) is 12.6 Å². The molecule has 0 radical (unpaired) electrons. The first kappa shape index (κ1) is 16.0. The lowest BCUT2D eigenvalue weighted by Crippen LogP contribution is -2.25. The molecule has 0 aliphatic rings. The molecule has 1 aromatic rings. The van der Waals surface area contributed by atoms with E-state index in [2.05, 4.69) is 5.32 Å². The average molecular weight is 279 g/mol. The Morgan fingerprint density at radius 2 is 1.90 bits per heavy atom. The van der Waals surface area contributed by atoms with Crippen LogP contribution in [0.15, 0.2) is 30.3 Å². The summed E-state index contributed by atoms with van der Waals surface area (Å²) in [4.78, 5) is 22.6. The van der Waals surface area contributed by atoms with Crippen LogP contribution in [0, 0.1) is 0 Å². The van der Waals surface area contributed by atoms with Gasteiger partial charge in [0.25, 0.3) is 0 Å². The minimum atomic E-state index is -0.476. The molecular formula is C15H21NO4. The van der Waals surface area contributed by atoms with Crippen molar-refractivity contribution in [1.82, 2.24) is 5.32 Å². The highest BCUT2D eigenvalue weighted by atomic mass is 16.5. The smallest absolute Gasteiger partial charge is 0.407 e. The van der Waals surface area contributed by atoms with E-state index < -0.39 is 6.09 Å². The zero-order chi connectivity index (χ0) is 14.6. The third-order valence-electron chi connectivity index (χ3n) is 2.51. The minimum absolute atomic E-state index is 0.230. The van der Waals surface area contributed by atoms with Gasteiger partial charge in [-0.3, -0.25) is 4.79 Å². The summed E-state index contributed by atoms with van der Waals surface area (Å²) < 4.78 is 9.95. The zero-order valence-corrected chi connectivity index (χ0v) is 11.8. The summed E-state index contributed by atoms with van der Waals surface area (Å²) >= 11 is 0. The van der Waals surface area contributed by atoms with Gasteiger partial charge in [0.2, 0.25) is 0 Å². The summed E-state index contributed by atoms with van der Waals surface area (Å²) in [6.07, 6.45) is 1.19. The van der Waals surface area contributed by atoms with Crippen LogP contribution in [0.5, 0.6) is 0 Å². The van der Waals surface area contributed by atoms with E-state index in [1.165, 1.54) is 0 Å². The maximum absolute atomic E-state index is 11.4. The van der Waals surface area contributed by atoms with Gasteiger partial charge >= 0.3 is 12.1 Å². The van der Waals surface area contributed by atoms with Gasteiger partial charge in [0.05, 0.1) is 6.61 Å². The maximum atomic E-state index is 11.4. The Kier molecular flexibility index (Phi) is 7.87. The van der Waals surface area contributed by atoms with Gasteiger partial charge in [-0.05, 0) is 18.4 Å². The van der Waals surface area contributed by atoms with Crippen LogP contribution in [-0.2, 0) is 20.9 Å². The normalized spacial score (nSPS) is 9.85. The molecule has 1 N–H and O–H groups in total. The Hall–Kier alpha value is -2.04. The number of benzene rings is 1. The molecule has 5 nitrogen and oxygen atoms in total. The highest BCUT2D eigenvalue weighted by Crippen LogP contribution is 2.00. The minimum Gasteiger partial charge on any atom is -0.466 e. The van der Waals surface area contributed by atoms with Crippen molar-refractivity contribution in [3.63, 3.8) is 0 Å². The second kappa shape index (κ2) is 9.83. The fourth-order valence-corrected chi connectivity index (χ4v) is 1.49. The van der Waals surface area contributed by atoms with Crippen molar-refractivity contribution in [2.75, 3.05) is 13.2 Å². The van der Waals surface area contributed by atoms with Gasteiger partial charge in [0.15, 0.2) is 0 Å². The Balaban J connectivity index is 2.04. The lowest BCUT2D eigenvalue weighted by Gasteiger charge is -2.07. The van der Waals surface area contributed by atoms with Gasteiger partial charge in [-0.1, -0.05) is 37.3 Å². The van der Waals surface area contributed by atoms with Gasteiger partial charge in [-0.2, -0.15) is 0 Å². The molecule has 1 rings (SSSR count). The molecule has 0 spiro atoms. The summed E-state index contributed by atoms with van der Waals surface area (Å²) in [5.41, 5.74) is 0.936. The zero-order valence-electron chi connectivity index (χ0n) is 11.8. The predicted octanol–water partition coefficient (Wildman–Crippen LogP) is 2.65. The molecule has 0 bridgehead atoms. The highest BCUT2D eigenvalue weighted by Gasteiger charge is 2.04. The van der Waals surface area contributed by atoms with E-state index in [0.29, 0.717) is 26.0 Å². The molecule has 0 heterocycles. The molecule has 0 unspecified atom stereocenters. The van der Waals surface area contributed by atoms with Crippen LogP contribution in [0.3, 0.4) is 0 Å². The van der Waals surface area contributed by atoms with E-state index in [9.17, 15) is 9.59 Å². The summed E-state index contributed by atoms with van der Waals surface area (Å²) in [6, 6.07) is 9.45. The van der Waals surface area contributed by atoms with Crippen LogP contribution in [0.1, 0.15) is 31.7 Å². The van der Waals surface area contributed by atoms with E-state index in [1.807, 2.05) is 37.3 Å². The Morgan fingerprint density at radius 1 is 1.15 bits per heavy atom. The fraction of sp³-hybridized carbons (Fsp3) is 0.467. The molecule has 0 atom stereocenters. The number of esters is 1. The first-order chi connectivity index (χ1) is 9.72. The Morgan fingerprint density at radius 3 is 2.60 bits per heavy atom. The van der Waals surface area contributed by atoms with Crippen molar-refractivity contribution < 1.29 is 19.1 Å². The number of hydrogen-bond acceptors (Lipinski definition) is 4. The summed E-state index contributed by atoms with van der Waals surface area (Å²) in [5, 5.41) is 2.60. The predicted molar refractivity (Wildman–Crippen MR) is 75.1 cm³/mol. The molecule has 0 aliphatic heterocycles. The number of hydrogen-bond donors (Lipinski definition) is 1. The van der Waals surface area contributed by atoms with Crippen molar-refractivity contribution >= 4 is 12.1 Å². The fourth-order valence-electron chi connectivity index (χ4n) is 1.49. The van der Waals surface area contributed by atoms with Gasteiger partial charge in [0.1, 0.15) is 6.61 Å². The van der Waals surface area contributed by atoms with Crippen molar-refractivity contribution in [3.05, 3.63) is 35.9 Å². The number of rotatable bonds is 8. The number of ether oxygens (including phenoxy) is 2. The van der Waals surface area contributed by atoms with Gasteiger partial charge in [-0.25, -0.2) is 4.79 Å². The van der Waals surface area contributed by atoms with Gasteiger partial charge in [-0.15, -0.1) is 0 Å². The number of nitrogens with one attached hydrogen (secondary N) is 1. The average Bonchev–Trinajstić information content (AvgIpc) is 2.48. The molecule has 5 heteroatoms. The third kappa shape index (κ3) is 7.41. The number of alkyl carbamates (subject to hydrolysis) is 1. The highest BCUT2D eigenvalue weighted by molar-refractivity contribution is 5.69. The first-order valence-electron chi connectivity index (χ1n) is 6.82. The second-order valence-corrected chi connectivity index (χ2v) is 4.31. The lowest BCUT2D eigenvalue weighted by molar-refractivity contribution is -0.143. The summed E-state index contributed by atoms with van der Waals surface area (Å²) in [7, 11) is 0. The van der Waals surface area contributed by atoms with Crippen LogP contribution in [-0.4, -0.2) is 25.2 Å². The topological polar surface area (TPSA) is 64.6 Å². The monoisotopic (exact) mass is 279 g/mol. The Labute approximate surface area is 119 Å². The molecule has 20 heavy (non-hydrogen) atoms. The Bertz CT molecular complexity index is 406. The molecule has 1 amide bonds. The lowest BCUT2D eigenvalue weighted by atomic mass is 10.2. The van der Waals surface area contributed by atoms with Gasteiger partial charge in [0, 0.05) is 13.0 Å². The first-order valence-corrected chi connectivity index (χ1v) is 6.82. The summed E-state index contributed by atoms with van der Waals surface area (Å²) in [5.74, 6) is -0.230. The summed E-state index contributed by atoms with van der Waals surface area (Å²) in [6.45, 7) is 3.03. The van der Waals surface area contributed by atoms with Crippen LogP contribution in [0.2, 0.25) is 0 Å². The van der Waals surface area contributed by atoms with Crippen molar-refractivity contribution in [1.29, 1.82) is 0 Å². The van der Waals surface area contributed by atoms with Crippen molar-refractivity contribution in [3.8, 4) is 0 Å². The molecule has 0 aromatic heterocycles. The van der Waals surface area contributed by atoms with E-state index >= 15 is 0 Å². The largest absolute Gasteiger partial charge is 0.466 e. The maximum Gasteiger partial charge on any atom is 0.407 e. The number of carbonyl (C=O) groups is 2. The molecule has 110 valence electrons. The second-order valence-electron chi connectivity index (χ2n) is 4.31. The molecule has 0 aliphatic carbocycles. The van der Waals surface area contributed by atoms with E-state index in [0.717, 1.165) is 12.0 Å². The molecule has 1 aromatic carbocycles. The molecule has 0 saturated heterocycles. The third-order valence-corrected chi connectivity index (χ3v) is 2.51. The molecular weight excluding hydrogens is 258 g/mol. The molecule has 0 saturated carbocycles. The number of amides is 1. The van der Waals surface area contributed by atoms with Crippen LogP contribution in [0.25, 0.3) is 0 Å². The van der Waals surface area contributed by atoms with E-state index in [4.69, 9.17) is 9.47 Å². The number of carbonyl (C=O) groups excluding carboxylic acids is 2. The van der Waals surface area contributed by atoms with Crippen LogP contribution in [0.4, 0.5) is 4.79 Å².